The van der Waals surface area contributed by atoms with Crippen LogP contribution in [0.1, 0.15) is 27.7 Å². The van der Waals surface area contributed by atoms with E-state index in [1.807, 2.05) is 13.3 Å². The summed E-state index contributed by atoms with van der Waals surface area (Å²) in [5, 5.41) is 0. The average Bonchev–Trinajstić information content (AvgIpc) is 2.10. The molecular weight excluding hydrogens is 287 g/mol. The molecule has 0 radical (unpaired) electrons. The Morgan fingerprint density at radius 1 is 1.29 bits per heavy atom. The minimum Gasteiger partial charge on any atom is -0.337 e. The van der Waals surface area contributed by atoms with Gasteiger partial charge in [0, 0.05) is 43.5 Å². The molecule has 0 saturated heterocycles. The van der Waals surface area contributed by atoms with Gasteiger partial charge in [-0.2, -0.15) is 0 Å². The molecule has 0 aliphatic carbocycles. The van der Waals surface area contributed by atoms with Crippen molar-refractivity contribution in [2.45, 2.75) is 27.7 Å². The molecule has 0 aliphatic rings. The topological polar surface area (TPSA) is 24.4 Å². The number of hydrogen-bond acceptors (Lipinski definition) is 2. The van der Waals surface area contributed by atoms with Crippen molar-refractivity contribution in [2.24, 2.45) is 16.8 Å². The van der Waals surface area contributed by atoms with E-state index in [0.29, 0.717) is 11.8 Å². The molecule has 2 nitrogen and oxygen atoms in total. The van der Waals surface area contributed by atoms with Crippen LogP contribution >= 0.6 is 21.0 Å². The molecule has 0 saturated carbocycles. The van der Waals surface area contributed by atoms with Crippen LogP contribution in [-0.2, 0) is 0 Å². The Labute approximate surface area is 98.0 Å². The van der Waals surface area contributed by atoms with Crippen LogP contribution in [0.5, 0.6) is 0 Å². The molecule has 3 heteroatoms. The minimum absolute atomic E-state index is 0.144. The molecule has 0 bridgehead atoms. The first-order valence-electron chi connectivity index (χ1n) is 4.86. The Balaban J connectivity index is 4.38. The van der Waals surface area contributed by atoms with E-state index < -0.39 is 0 Å². The summed E-state index contributed by atoms with van der Waals surface area (Å²) >= 11 is -0.144. The highest BCUT2D eigenvalue weighted by atomic mass is 127. The quantitative estimate of drug-likeness (QED) is 0.471. The summed E-state index contributed by atoms with van der Waals surface area (Å²) in [5.41, 5.74) is 1.14. The maximum absolute atomic E-state index is 4.08. The molecule has 0 aliphatic heterocycles. The molecule has 0 atom stereocenters. The number of allylic oxidation sites excluding steroid dienone is 1. The van der Waals surface area contributed by atoms with E-state index in [1.165, 1.54) is 3.51 Å². The van der Waals surface area contributed by atoms with Gasteiger partial charge in [-0.15, -0.1) is 0 Å². The lowest BCUT2D eigenvalue weighted by Crippen LogP contribution is -2.11. The minimum atomic E-state index is -0.144. The van der Waals surface area contributed by atoms with Gasteiger partial charge >= 0.3 is 0 Å². The second-order valence-corrected chi connectivity index (χ2v) is 6.12. The molecule has 14 heavy (non-hydrogen) atoms. The van der Waals surface area contributed by atoms with Crippen LogP contribution in [0.4, 0.5) is 0 Å². The average molecular weight is 308 g/mol. The standard InChI is InChI=1S/C11H21IN2/c1-8(2)10(5)14-12-11(7-13-6)9(3)4/h7-9,14H,5H2,1-4,6H3. The Hall–Kier alpha value is -0.190. The smallest absolute Gasteiger partial charge is 0.0313 e. The molecule has 0 rings (SSSR count). The third kappa shape index (κ3) is 5.52. The van der Waals surface area contributed by atoms with Gasteiger partial charge < -0.3 is 3.53 Å². The van der Waals surface area contributed by atoms with E-state index in [-0.39, 0.29) is 21.0 Å². The summed E-state index contributed by atoms with van der Waals surface area (Å²) in [7, 11) is 1.82. The maximum atomic E-state index is 4.08. The van der Waals surface area contributed by atoms with E-state index in [1.54, 1.807) is 0 Å². The van der Waals surface area contributed by atoms with Gasteiger partial charge in [0.1, 0.15) is 0 Å². The van der Waals surface area contributed by atoms with Gasteiger partial charge in [-0.05, 0) is 11.8 Å². The Bertz CT molecular complexity index is 240. The number of hydrogen-bond donors (Lipinski definition) is 1. The van der Waals surface area contributed by atoms with Gasteiger partial charge in [0.15, 0.2) is 0 Å². The van der Waals surface area contributed by atoms with E-state index in [9.17, 15) is 0 Å². The Morgan fingerprint density at radius 2 is 1.86 bits per heavy atom. The molecule has 1 N–H and O–H groups in total. The van der Waals surface area contributed by atoms with E-state index >= 15 is 0 Å². The molecule has 0 fully saturated rings. The molecule has 0 amide bonds. The fourth-order valence-corrected chi connectivity index (χ4v) is 2.95. The summed E-state index contributed by atoms with van der Waals surface area (Å²) in [5.74, 6) is 1.10. The molecule has 0 unspecified atom stereocenters. The van der Waals surface area contributed by atoms with Gasteiger partial charge in [0.25, 0.3) is 0 Å². The highest BCUT2D eigenvalue weighted by Gasteiger charge is 2.02. The first kappa shape index (κ1) is 13.8. The van der Waals surface area contributed by atoms with Gasteiger partial charge in [-0.3, -0.25) is 4.99 Å². The molecular formula is C11H21IN2. The van der Waals surface area contributed by atoms with Crippen molar-refractivity contribution in [1.82, 2.24) is 3.53 Å². The lowest BCUT2D eigenvalue weighted by Gasteiger charge is -2.10. The van der Waals surface area contributed by atoms with Crippen LogP contribution in [0.25, 0.3) is 0 Å². The zero-order valence-electron chi connectivity index (χ0n) is 9.76. The Morgan fingerprint density at radius 3 is 2.21 bits per heavy atom. The molecule has 0 spiro atoms. The molecule has 82 valence electrons. The highest BCUT2D eigenvalue weighted by molar-refractivity contribution is 14.2. The van der Waals surface area contributed by atoms with Crippen molar-refractivity contribution in [3.8, 4) is 0 Å². The summed E-state index contributed by atoms with van der Waals surface area (Å²) in [6.07, 6.45) is 1.98. The van der Waals surface area contributed by atoms with E-state index in [2.05, 4.69) is 42.8 Å². The van der Waals surface area contributed by atoms with Gasteiger partial charge in [-0.1, -0.05) is 34.3 Å². The van der Waals surface area contributed by atoms with Crippen molar-refractivity contribution < 1.29 is 0 Å². The number of nitrogens with zero attached hydrogens (tertiary/aromatic N) is 1. The number of nitrogens with one attached hydrogen (secondary N) is 1. The van der Waals surface area contributed by atoms with Crippen molar-refractivity contribution in [3.05, 3.63) is 12.3 Å². The van der Waals surface area contributed by atoms with Gasteiger partial charge in [0.2, 0.25) is 0 Å². The fourth-order valence-electron chi connectivity index (χ4n) is 0.630. The highest BCUT2D eigenvalue weighted by Crippen LogP contribution is 2.10. The first-order valence-corrected chi connectivity index (χ1v) is 7.02. The van der Waals surface area contributed by atoms with E-state index in [0.717, 1.165) is 5.70 Å². The van der Waals surface area contributed by atoms with Crippen LogP contribution in [0, 0.1) is 11.8 Å². The number of rotatable bonds is 5. The van der Waals surface area contributed by atoms with Crippen LogP contribution in [0.2, 0.25) is 0 Å². The number of aliphatic imine (C=N–C) groups is 1. The van der Waals surface area contributed by atoms with Crippen LogP contribution in [0.15, 0.2) is 17.3 Å². The van der Waals surface area contributed by atoms with Crippen LogP contribution in [0.3, 0.4) is 0 Å². The molecule has 0 heterocycles. The largest absolute Gasteiger partial charge is 0.337 e. The zero-order valence-corrected chi connectivity index (χ0v) is 11.9. The van der Waals surface area contributed by atoms with Gasteiger partial charge in [0.05, 0.1) is 0 Å². The number of halogens is 1. The van der Waals surface area contributed by atoms with Crippen LogP contribution in [-0.4, -0.2) is 16.8 Å². The monoisotopic (exact) mass is 308 g/mol. The van der Waals surface area contributed by atoms with Crippen LogP contribution < -0.4 is 3.53 Å². The fraction of sp³-hybridized carbons (Fsp3) is 0.636. The lowest BCUT2D eigenvalue weighted by molar-refractivity contribution is 0.750. The summed E-state index contributed by atoms with van der Waals surface area (Å²) in [4.78, 5) is 4.08. The third-order valence-corrected chi connectivity index (χ3v) is 4.89. The Kier molecular flexibility index (Phi) is 7.05. The van der Waals surface area contributed by atoms with Crippen molar-refractivity contribution >= 4 is 30.7 Å². The molecule has 0 aromatic carbocycles. The first-order chi connectivity index (χ1) is 6.49. The zero-order chi connectivity index (χ0) is 11.1. The predicted molar refractivity (Wildman–Crippen MR) is 75.4 cm³/mol. The third-order valence-electron chi connectivity index (χ3n) is 1.78. The SMILES string of the molecule is C=C(NI=C(C=NC)C(C)C)C(C)C. The summed E-state index contributed by atoms with van der Waals surface area (Å²) in [6, 6.07) is 0. The maximum Gasteiger partial charge on any atom is 0.0313 e. The van der Waals surface area contributed by atoms with Crippen molar-refractivity contribution in [2.75, 3.05) is 7.05 Å². The predicted octanol–water partition coefficient (Wildman–Crippen LogP) is 3.16. The molecule has 0 aromatic rings. The summed E-state index contributed by atoms with van der Waals surface area (Å²) in [6.45, 7) is 12.7. The molecule has 0 aromatic heterocycles. The normalized spacial score (nSPS) is 13.5. The van der Waals surface area contributed by atoms with E-state index in [4.69, 9.17) is 0 Å². The second-order valence-electron chi connectivity index (χ2n) is 3.80. The second kappa shape index (κ2) is 7.15. The van der Waals surface area contributed by atoms with Crippen molar-refractivity contribution in [1.29, 1.82) is 0 Å². The lowest BCUT2D eigenvalue weighted by atomic mass is 10.2. The van der Waals surface area contributed by atoms with Gasteiger partial charge in [-0.25, -0.2) is 0 Å². The summed E-state index contributed by atoms with van der Waals surface area (Å²) < 4.78 is 4.86. The van der Waals surface area contributed by atoms with Crippen molar-refractivity contribution in [3.63, 3.8) is 0 Å².